The van der Waals surface area contributed by atoms with E-state index in [0.29, 0.717) is 18.7 Å². The lowest BCUT2D eigenvalue weighted by molar-refractivity contribution is -0.150. The number of aromatic nitrogens is 2. The number of urea groups is 1. The number of hydrogen-bond donors (Lipinski definition) is 1. The molecule has 0 atom stereocenters. The predicted octanol–water partition coefficient (Wildman–Crippen LogP) is 0.510. The SMILES string of the molecule is O=C(Cc1cnn(-c2ccccc2)c1)OCC(=O)N1CCNC1=O. The Hall–Kier alpha value is -3.16. The minimum Gasteiger partial charge on any atom is -0.455 e. The third-order valence-electron chi connectivity index (χ3n) is 3.52. The van der Waals surface area contributed by atoms with Crippen molar-refractivity contribution in [3.63, 3.8) is 0 Å². The second-order valence-corrected chi connectivity index (χ2v) is 5.24. The van der Waals surface area contributed by atoms with Gasteiger partial charge in [-0.15, -0.1) is 0 Å². The molecular weight excluding hydrogens is 312 g/mol. The fourth-order valence-corrected chi connectivity index (χ4v) is 2.32. The van der Waals surface area contributed by atoms with Gasteiger partial charge in [-0.2, -0.15) is 5.10 Å². The highest BCUT2D eigenvalue weighted by Gasteiger charge is 2.26. The van der Waals surface area contributed by atoms with Crippen LogP contribution >= 0.6 is 0 Å². The monoisotopic (exact) mass is 328 g/mol. The van der Waals surface area contributed by atoms with Gasteiger partial charge in [-0.05, 0) is 12.1 Å². The fourth-order valence-electron chi connectivity index (χ4n) is 2.32. The number of rotatable bonds is 5. The summed E-state index contributed by atoms with van der Waals surface area (Å²) in [5.74, 6) is -1.08. The van der Waals surface area contributed by atoms with Gasteiger partial charge in [0.05, 0.1) is 18.3 Å². The molecule has 0 saturated carbocycles. The highest BCUT2D eigenvalue weighted by Crippen LogP contribution is 2.08. The van der Waals surface area contributed by atoms with E-state index in [0.717, 1.165) is 10.6 Å². The lowest BCUT2D eigenvalue weighted by atomic mass is 10.2. The van der Waals surface area contributed by atoms with Gasteiger partial charge in [0, 0.05) is 24.8 Å². The maximum Gasteiger partial charge on any atom is 0.324 e. The molecule has 24 heavy (non-hydrogen) atoms. The van der Waals surface area contributed by atoms with Crippen molar-refractivity contribution in [1.82, 2.24) is 20.0 Å². The Labute approximate surface area is 138 Å². The van der Waals surface area contributed by atoms with Gasteiger partial charge in [-0.3, -0.25) is 14.5 Å². The van der Waals surface area contributed by atoms with Crippen molar-refractivity contribution in [2.24, 2.45) is 0 Å². The van der Waals surface area contributed by atoms with Crippen LogP contribution in [0, 0.1) is 0 Å². The third kappa shape index (κ3) is 3.60. The van der Waals surface area contributed by atoms with E-state index < -0.39 is 24.5 Å². The molecule has 0 bridgehead atoms. The standard InChI is InChI=1S/C16H16N4O4/c21-14(19-7-6-17-16(19)23)11-24-15(22)8-12-9-18-20(10-12)13-4-2-1-3-5-13/h1-5,9-10H,6-8,11H2,(H,17,23). The number of hydrogen-bond acceptors (Lipinski definition) is 5. The van der Waals surface area contributed by atoms with E-state index in [1.54, 1.807) is 17.1 Å². The zero-order valence-corrected chi connectivity index (χ0v) is 12.8. The molecule has 8 heteroatoms. The van der Waals surface area contributed by atoms with E-state index in [-0.39, 0.29) is 6.42 Å². The van der Waals surface area contributed by atoms with Gasteiger partial charge in [0.1, 0.15) is 0 Å². The zero-order chi connectivity index (χ0) is 16.9. The van der Waals surface area contributed by atoms with E-state index in [1.807, 2.05) is 30.3 Å². The van der Waals surface area contributed by atoms with Crippen LogP contribution in [-0.2, 0) is 20.7 Å². The number of amides is 3. The highest BCUT2D eigenvalue weighted by molar-refractivity contribution is 5.97. The molecule has 1 aromatic heterocycles. The summed E-state index contributed by atoms with van der Waals surface area (Å²) in [6.07, 6.45) is 3.31. The van der Waals surface area contributed by atoms with Crippen molar-refractivity contribution in [1.29, 1.82) is 0 Å². The maximum absolute atomic E-state index is 11.8. The summed E-state index contributed by atoms with van der Waals surface area (Å²) in [5.41, 5.74) is 1.56. The predicted molar refractivity (Wildman–Crippen MR) is 83.3 cm³/mol. The molecule has 3 amide bonds. The van der Waals surface area contributed by atoms with Crippen molar-refractivity contribution in [2.75, 3.05) is 19.7 Å². The number of carbonyl (C=O) groups is 3. The van der Waals surface area contributed by atoms with Crippen LogP contribution in [0.1, 0.15) is 5.56 Å². The molecule has 0 aliphatic carbocycles. The first-order chi connectivity index (χ1) is 11.6. The molecule has 1 aliphatic heterocycles. The molecule has 2 aromatic rings. The van der Waals surface area contributed by atoms with Gasteiger partial charge >= 0.3 is 12.0 Å². The van der Waals surface area contributed by atoms with Crippen LogP contribution in [0.4, 0.5) is 4.79 Å². The third-order valence-corrected chi connectivity index (χ3v) is 3.52. The Balaban J connectivity index is 1.51. The van der Waals surface area contributed by atoms with Gasteiger partial charge in [0.15, 0.2) is 6.61 Å². The minimum absolute atomic E-state index is 0.00626. The lowest BCUT2D eigenvalue weighted by Crippen LogP contribution is -2.37. The first kappa shape index (κ1) is 15.7. The smallest absolute Gasteiger partial charge is 0.324 e. The topological polar surface area (TPSA) is 93.5 Å². The molecule has 0 unspecified atom stereocenters. The van der Waals surface area contributed by atoms with Crippen molar-refractivity contribution >= 4 is 17.9 Å². The normalized spacial score (nSPS) is 13.7. The first-order valence-electron chi connectivity index (χ1n) is 7.46. The molecule has 1 fully saturated rings. The van der Waals surface area contributed by atoms with E-state index in [1.165, 1.54) is 0 Å². The van der Waals surface area contributed by atoms with E-state index >= 15 is 0 Å². The molecular formula is C16H16N4O4. The van der Waals surface area contributed by atoms with Crippen LogP contribution in [0.15, 0.2) is 42.7 Å². The van der Waals surface area contributed by atoms with Gasteiger partial charge in [0.25, 0.3) is 5.91 Å². The fraction of sp³-hybridized carbons (Fsp3) is 0.250. The van der Waals surface area contributed by atoms with E-state index in [4.69, 9.17) is 4.74 Å². The lowest BCUT2D eigenvalue weighted by Gasteiger charge is -2.11. The number of nitrogens with one attached hydrogen (secondary N) is 1. The van der Waals surface area contributed by atoms with Gasteiger partial charge in [-0.1, -0.05) is 18.2 Å². The van der Waals surface area contributed by atoms with Crippen LogP contribution in [0.2, 0.25) is 0 Å². The van der Waals surface area contributed by atoms with Crippen LogP contribution < -0.4 is 5.32 Å². The molecule has 1 saturated heterocycles. The van der Waals surface area contributed by atoms with Gasteiger partial charge in [0.2, 0.25) is 0 Å². The van der Waals surface area contributed by atoms with Crippen molar-refractivity contribution in [2.45, 2.75) is 6.42 Å². The Morgan fingerprint density at radius 2 is 2.04 bits per heavy atom. The number of para-hydroxylation sites is 1. The molecule has 1 aliphatic rings. The molecule has 3 rings (SSSR count). The molecule has 1 N–H and O–H groups in total. The molecule has 1 aromatic carbocycles. The molecule has 0 radical (unpaired) electrons. The summed E-state index contributed by atoms with van der Waals surface area (Å²) >= 11 is 0. The minimum atomic E-state index is -0.546. The average molecular weight is 328 g/mol. The first-order valence-corrected chi connectivity index (χ1v) is 7.46. The number of carbonyl (C=O) groups excluding carboxylic acids is 3. The number of benzene rings is 1. The van der Waals surface area contributed by atoms with E-state index in [2.05, 4.69) is 10.4 Å². The quantitative estimate of drug-likeness (QED) is 0.807. The van der Waals surface area contributed by atoms with Crippen LogP contribution in [0.3, 0.4) is 0 Å². The summed E-state index contributed by atoms with van der Waals surface area (Å²) in [5, 5.41) is 6.70. The molecule has 2 heterocycles. The Bertz CT molecular complexity index is 756. The number of ether oxygens (including phenoxy) is 1. The largest absolute Gasteiger partial charge is 0.455 e. The Morgan fingerprint density at radius 1 is 1.25 bits per heavy atom. The average Bonchev–Trinajstić information content (AvgIpc) is 3.22. The van der Waals surface area contributed by atoms with Crippen LogP contribution in [-0.4, -0.2) is 52.3 Å². The summed E-state index contributed by atoms with van der Waals surface area (Å²) < 4.78 is 6.59. The second kappa shape index (κ2) is 6.95. The number of nitrogens with zero attached hydrogens (tertiary/aromatic N) is 3. The highest BCUT2D eigenvalue weighted by atomic mass is 16.5. The summed E-state index contributed by atoms with van der Waals surface area (Å²) in [4.78, 5) is 36.0. The Kier molecular flexibility index (Phi) is 4.55. The molecule has 124 valence electrons. The number of esters is 1. The van der Waals surface area contributed by atoms with Crippen LogP contribution in [0.25, 0.3) is 5.69 Å². The molecule has 8 nitrogen and oxygen atoms in total. The van der Waals surface area contributed by atoms with E-state index in [9.17, 15) is 14.4 Å². The summed E-state index contributed by atoms with van der Waals surface area (Å²) in [7, 11) is 0. The summed E-state index contributed by atoms with van der Waals surface area (Å²) in [6.45, 7) is 0.259. The van der Waals surface area contributed by atoms with Gasteiger partial charge in [-0.25, -0.2) is 9.48 Å². The maximum atomic E-state index is 11.8. The van der Waals surface area contributed by atoms with Gasteiger partial charge < -0.3 is 10.1 Å². The van der Waals surface area contributed by atoms with Crippen molar-refractivity contribution in [3.05, 3.63) is 48.3 Å². The molecule has 0 spiro atoms. The Morgan fingerprint density at radius 3 is 2.75 bits per heavy atom. The zero-order valence-electron chi connectivity index (χ0n) is 12.8. The van der Waals surface area contributed by atoms with Crippen molar-refractivity contribution in [3.8, 4) is 5.69 Å². The summed E-state index contributed by atoms with van der Waals surface area (Å²) in [6, 6.07) is 9.03. The number of imide groups is 1. The van der Waals surface area contributed by atoms with Crippen LogP contribution in [0.5, 0.6) is 0 Å². The van der Waals surface area contributed by atoms with Crippen molar-refractivity contribution < 1.29 is 19.1 Å². The second-order valence-electron chi connectivity index (χ2n) is 5.24.